The molecule has 0 aliphatic heterocycles. The van der Waals surface area contributed by atoms with Crippen LogP contribution in [0.2, 0.25) is 0 Å². The van der Waals surface area contributed by atoms with Gasteiger partial charge in [0.15, 0.2) is 0 Å². The molecule has 0 amide bonds. The summed E-state index contributed by atoms with van der Waals surface area (Å²) in [5, 5.41) is 0. The second-order valence-corrected chi connectivity index (χ2v) is 5.28. The zero-order valence-electron chi connectivity index (χ0n) is 10.9. The molecular formula is C15H23NO. The second-order valence-electron chi connectivity index (χ2n) is 5.28. The minimum absolute atomic E-state index is 0.397. The third kappa shape index (κ3) is 3.74. The molecule has 1 aliphatic rings. The highest BCUT2D eigenvalue weighted by atomic mass is 16.5. The van der Waals surface area contributed by atoms with Crippen molar-refractivity contribution in [2.24, 2.45) is 5.92 Å². The molecule has 0 heterocycles. The Balaban J connectivity index is 1.96. The quantitative estimate of drug-likeness (QED) is 0.792. The first-order chi connectivity index (χ1) is 8.25. The predicted molar refractivity (Wildman–Crippen MR) is 71.4 cm³/mol. The fourth-order valence-electron chi connectivity index (χ4n) is 2.68. The zero-order chi connectivity index (χ0) is 12.1. The summed E-state index contributed by atoms with van der Waals surface area (Å²) in [5.41, 5.74) is 0. The summed E-state index contributed by atoms with van der Waals surface area (Å²) in [4.78, 5) is 2.28. The van der Waals surface area contributed by atoms with Crippen LogP contribution in [0.4, 0.5) is 0 Å². The highest BCUT2D eigenvalue weighted by Gasteiger charge is 2.27. The molecule has 0 spiro atoms. The maximum Gasteiger partial charge on any atom is 0.119 e. The second kappa shape index (κ2) is 6.06. The average molecular weight is 233 g/mol. The van der Waals surface area contributed by atoms with Gasteiger partial charge >= 0.3 is 0 Å². The molecule has 2 atom stereocenters. The van der Waals surface area contributed by atoms with Gasteiger partial charge in [0.25, 0.3) is 0 Å². The molecule has 1 aromatic rings. The third-order valence-electron chi connectivity index (χ3n) is 3.47. The lowest BCUT2D eigenvalue weighted by Crippen LogP contribution is -2.37. The van der Waals surface area contributed by atoms with Crippen LogP contribution in [0, 0.1) is 5.92 Å². The maximum atomic E-state index is 6.14. The molecule has 0 N–H and O–H groups in total. The summed E-state index contributed by atoms with van der Waals surface area (Å²) < 4.78 is 6.14. The fraction of sp³-hybridized carbons (Fsp3) is 0.600. The highest BCUT2D eigenvalue weighted by Crippen LogP contribution is 2.28. The molecule has 1 aliphatic carbocycles. The normalized spacial score (nSPS) is 24.9. The predicted octanol–water partition coefficient (Wildman–Crippen LogP) is 3.19. The number of ether oxygens (including phenoxy) is 1. The number of hydrogen-bond acceptors (Lipinski definition) is 2. The summed E-state index contributed by atoms with van der Waals surface area (Å²) in [5.74, 6) is 1.70. The van der Waals surface area contributed by atoms with Crippen LogP contribution in [0.3, 0.4) is 0 Å². The fourth-order valence-corrected chi connectivity index (χ4v) is 2.68. The monoisotopic (exact) mass is 233 g/mol. The first-order valence-electron chi connectivity index (χ1n) is 6.62. The van der Waals surface area contributed by atoms with E-state index in [4.69, 9.17) is 4.74 Å². The van der Waals surface area contributed by atoms with Crippen molar-refractivity contribution in [3.63, 3.8) is 0 Å². The molecule has 0 aromatic heterocycles. The molecule has 1 saturated carbocycles. The zero-order valence-corrected chi connectivity index (χ0v) is 10.9. The summed E-state index contributed by atoms with van der Waals surface area (Å²) >= 11 is 0. The van der Waals surface area contributed by atoms with Gasteiger partial charge in [-0.15, -0.1) is 0 Å². The Labute approximate surface area is 105 Å². The van der Waals surface area contributed by atoms with E-state index < -0.39 is 0 Å². The van der Waals surface area contributed by atoms with Crippen molar-refractivity contribution in [2.75, 3.05) is 20.6 Å². The topological polar surface area (TPSA) is 12.5 Å². The molecule has 0 saturated heterocycles. The van der Waals surface area contributed by atoms with Crippen molar-refractivity contribution >= 4 is 0 Å². The van der Waals surface area contributed by atoms with Gasteiger partial charge in [-0.2, -0.15) is 0 Å². The van der Waals surface area contributed by atoms with Gasteiger partial charge in [-0.05, 0) is 45.5 Å². The Morgan fingerprint density at radius 1 is 1.12 bits per heavy atom. The maximum absolute atomic E-state index is 6.14. The van der Waals surface area contributed by atoms with Gasteiger partial charge in [0.05, 0.1) is 0 Å². The lowest BCUT2D eigenvalue weighted by atomic mass is 9.86. The van der Waals surface area contributed by atoms with Gasteiger partial charge in [-0.3, -0.25) is 0 Å². The van der Waals surface area contributed by atoms with Crippen LogP contribution in [0.5, 0.6) is 5.75 Å². The van der Waals surface area contributed by atoms with Crippen molar-refractivity contribution in [2.45, 2.75) is 31.8 Å². The highest BCUT2D eigenvalue weighted by molar-refractivity contribution is 5.21. The van der Waals surface area contributed by atoms with E-state index in [0.29, 0.717) is 12.0 Å². The SMILES string of the molecule is CN(C)C[C@@H]1CCCC[C@@H]1Oc1ccccc1. The molecule has 0 radical (unpaired) electrons. The van der Waals surface area contributed by atoms with Crippen LogP contribution in [0.1, 0.15) is 25.7 Å². The van der Waals surface area contributed by atoms with Crippen LogP contribution in [-0.4, -0.2) is 31.6 Å². The number of para-hydroxylation sites is 1. The molecule has 94 valence electrons. The first kappa shape index (κ1) is 12.4. The van der Waals surface area contributed by atoms with Crippen LogP contribution >= 0.6 is 0 Å². The standard InChI is InChI=1S/C15H23NO/c1-16(2)12-13-8-6-7-11-15(13)17-14-9-4-3-5-10-14/h3-5,9-10,13,15H,6-8,11-12H2,1-2H3/t13-,15-/m0/s1. The number of nitrogens with zero attached hydrogens (tertiary/aromatic N) is 1. The van der Waals surface area contributed by atoms with E-state index in [1.165, 1.54) is 25.7 Å². The van der Waals surface area contributed by atoms with E-state index in [0.717, 1.165) is 12.3 Å². The first-order valence-corrected chi connectivity index (χ1v) is 6.62. The largest absolute Gasteiger partial charge is 0.490 e. The average Bonchev–Trinajstić information content (AvgIpc) is 2.32. The molecule has 2 nitrogen and oxygen atoms in total. The minimum atomic E-state index is 0.397. The van der Waals surface area contributed by atoms with Gasteiger partial charge in [0.1, 0.15) is 11.9 Å². The summed E-state index contributed by atoms with van der Waals surface area (Å²) in [6.07, 6.45) is 5.56. The van der Waals surface area contributed by atoms with Gasteiger partial charge in [-0.25, -0.2) is 0 Å². The van der Waals surface area contributed by atoms with Gasteiger partial charge in [0.2, 0.25) is 0 Å². The molecule has 0 unspecified atom stereocenters. The Morgan fingerprint density at radius 2 is 1.82 bits per heavy atom. The van der Waals surface area contributed by atoms with Crippen molar-refractivity contribution in [1.82, 2.24) is 4.90 Å². The van der Waals surface area contributed by atoms with E-state index >= 15 is 0 Å². The smallest absolute Gasteiger partial charge is 0.119 e. The van der Waals surface area contributed by atoms with E-state index in [2.05, 4.69) is 31.1 Å². The van der Waals surface area contributed by atoms with Gasteiger partial charge < -0.3 is 9.64 Å². The number of benzene rings is 1. The minimum Gasteiger partial charge on any atom is -0.490 e. The van der Waals surface area contributed by atoms with E-state index in [1.54, 1.807) is 0 Å². The molecule has 2 heteroatoms. The summed E-state index contributed by atoms with van der Waals surface area (Å²) in [7, 11) is 4.29. The van der Waals surface area contributed by atoms with Crippen LogP contribution in [0.25, 0.3) is 0 Å². The summed E-state index contributed by atoms with van der Waals surface area (Å²) in [6.45, 7) is 1.14. The Bertz CT molecular complexity index is 323. The van der Waals surface area contributed by atoms with Crippen molar-refractivity contribution in [3.8, 4) is 5.75 Å². The van der Waals surface area contributed by atoms with Crippen LogP contribution in [-0.2, 0) is 0 Å². The molecule has 0 bridgehead atoms. The molecule has 1 aromatic carbocycles. The van der Waals surface area contributed by atoms with E-state index in [9.17, 15) is 0 Å². The van der Waals surface area contributed by atoms with Crippen LogP contribution < -0.4 is 4.74 Å². The number of hydrogen-bond donors (Lipinski definition) is 0. The van der Waals surface area contributed by atoms with Crippen molar-refractivity contribution < 1.29 is 4.74 Å². The van der Waals surface area contributed by atoms with Crippen LogP contribution in [0.15, 0.2) is 30.3 Å². The molecule has 2 rings (SSSR count). The van der Waals surface area contributed by atoms with Crippen molar-refractivity contribution in [1.29, 1.82) is 0 Å². The van der Waals surface area contributed by atoms with Crippen molar-refractivity contribution in [3.05, 3.63) is 30.3 Å². The molecule has 17 heavy (non-hydrogen) atoms. The Hall–Kier alpha value is -1.02. The molecule has 1 fully saturated rings. The lowest BCUT2D eigenvalue weighted by molar-refractivity contribution is 0.0760. The summed E-state index contributed by atoms with van der Waals surface area (Å²) in [6, 6.07) is 10.2. The number of rotatable bonds is 4. The third-order valence-corrected chi connectivity index (χ3v) is 3.47. The van der Waals surface area contributed by atoms with Gasteiger partial charge in [0, 0.05) is 12.5 Å². The van der Waals surface area contributed by atoms with Gasteiger partial charge in [-0.1, -0.05) is 24.6 Å². The van der Waals surface area contributed by atoms with E-state index in [1.807, 2.05) is 18.2 Å². The molecular weight excluding hydrogens is 210 g/mol. The Morgan fingerprint density at radius 3 is 2.53 bits per heavy atom. The lowest BCUT2D eigenvalue weighted by Gasteiger charge is -2.33. The van der Waals surface area contributed by atoms with E-state index in [-0.39, 0.29) is 0 Å². The Kier molecular flexibility index (Phi) is 4.43.